The topological polar surface area (TPSA) is 55.1 Å². The van der Waals surface area contributed by atoms with Gasteiger partial charge in [-0.25, -0.2) is 13.8 Å². The van der Waals surface area contributed by atoms with Crippen molar-refractivity contribution in [2.45, 2.75) is 6.92 Å². The number of fused-ring (bicyclic) bond motifs is 2. The molecule has 0 aliphatic heterocycles. The number of nitrogens with zero attached hydrogens (tertiary/aromatic N) is 1. The van der Waals surface area contributed by atoms with Gasteiger partial charge in [-0.1, -0.05) is 12.1 Å². The molecule has 4 rings (SSSR count). The van der Waals surface area contributed by atoms with E-state index in [2.05, 4.69) is 10.3 Å². The monoisotopic (exact) mass is 338 g/mol. The fraction of sp³-hybridized carbons (Fsp3) is 0.0526. The molecule has 0 unspecified atom stereocenters. The van der Waals surface area contributed by atoms with Crippen LogP contribution in [0.15, 0.2) is 52.9 Å². The van der Waals surface area contributed by atoms with Crippen LogP contribution < -0.4 is 5.32 Å². The summed E-state index contributed by atoms with van der Waals surface area (Å²) in [7, 11) is 0. The average molecular weight is 338 g/mol. The molecule has 4 aromatic rings. The third-order valence-corrected chi connectivity index (χ3v) is 3.86. The molecule has 1 N–H and O–H groups in total. The van der Waals surface area contributed by atoms with E-state index in [4.69, 9.17) is 4.42 Å². The van der Waals surface area contributed by atoms with Crippen LogP contribution in [-0.2, 0) is 0 Å². The molecule has 1 amide bonds. The average Bonchev–Trinajstić information content (AvgIpc) is 2.98. The van der Waals surface area contributed by atoms with Gasteiger partial charge in [-0.05, 0) is 42.8 Å². The fourth-order valence-corrected chi connectivity index (χ4v) is 2.62. The molecule has 0 spiro atoms. The first kappa shape index (κ1) is 15.3. The van der Waals surface area contributed by atoms with Crippen molar-refractivity contribution in [3.05, 3.63) is 71.5 Å². The molecule has 2 heterocycles. The lowest BCUT2D eigenvalue weighted by atomic mass is 10.1. The minimum absolute atomic E-state index is 0.00162. The van der Waals surface area contributed by atoms with E-state index in [0.717, 1.165) is 28.6 Å². The molecular formula is C19H12F2N2O2. The molecule has 0 fully saturated rings. The Hall–Kier alpha value is -3.28. The van der Waals surface area contributed by atoms with Crippen LogP contribution in [0, 0.1) is 18.6 Å². The second-order valence-electron chi connectivity index (χ2n) is 5.77. The lowest BCUT2D eigenvalue weighted by Crippen LogP contribution is -2.12. The van der Waals surface area contributed by atoms with Crippen molar-refractivity contribution in [2.24, 2.45) is 0 Å². The predicted molar refractivity (Wildman–Crippen MR) is 90.6 cm³/mol. The van der Waals surface area contributed by atoms with Crippen molar-refractivity contribution in [3.8, 4) is 0 Å². The number of benzene rings is 2. The number of aryl methyl sites for hydroxylation is 1. The van der Waals surface area contributed by atoms with E-state index in [1.165, 1.54) is 0 Å². The second kappa shape index (κ2) is 5.66. The van der Waals surface area contributed by atoms with Crippen LogP contribution in [-0.4, -0.2) is 10.9 Å². The zero-order valence-corrected chi connectivity index (χ0v) is 13.1. The third-order valence-electron chi connectivity index (χ3n) is 3.86. The minimum Gasteiger partial charge on any atom is -0.433 e. The standard InChI is InChI=1S/C19H12F2N2O2/c1-10-2-3-11-7-12-8-17(25-19(12)23-16(11)6-10)18(24)22-15-5-4-13(20)9-14(15)21/h2-9H,1H3,(H,22,24). The number of aromatic nitrogens is 1. The highest BCUT2D eigenvalue weighted by atomic mass is 19.1. The van der Waals surface area contributed by atoms with E-state index >= 15 is 0 Å². The van der Waals surface area contributed by atoms with Crippen molar-refractivity contribution in [3.63, 3.8) is 0 Å². The summed E-state index contributed by atoms with van der Waals surface area (Å²) >= 11 is 0. The van der Waals surface area contributed by atoms with Crippen molar-refractivity contribution in [1.82, 2.24) is 4.98 Å². The van der Waals surface area contributed by atoms with Crippen molar-refractivity contribution in [1.29, 1.82) is 0 Å². The molecule has 0 saturated heterocycles. The Kier molecular flexibility index (Phi) is 3.46. The van der Waals surface area contributed by atoms with Gasteiger partial charge in [0.1, 0.15) is 11.6 Å². The van der Waals surface area contributed by atoms with E-state index in [1.807, 2.05) is 31.2 Å². The molecule has 4 nitrogen and oxygen atoms in total. The molecule has 0 aliphatic rings. The first-order chi connectivity index (χ1) is 12.0. The molecule has 0 aliphatic carbocycles. The zero-order chi connectivity index (χ0) is 17.6. The number of halogens is 2. The second-order valence-corrected chi connectivity index (χ2v) is 5.77. The van der Waals surface area contributed by atoms with Gasteiger partial charge < -0.3 is 9.73 Å². The summed E-state index contributed by atoms with van der Waals surface area (Å²) in [5, 5.41) is 3.96. The van der Waals surface area contributed by atoms with Crippen LogP contribution in [0.3, 0.4) is 0 Å². The third kappa shape index (κ3) is 2.82. The summed E-state index contributed by atoms with van der Waals surface area (Å²) in [5.41, 5.74) is 2.03. The van der Waals surface area contributed by atoms with Crippen LogP contribution in [0.1, 0.15) is 16.1 Å². The first-order valence-electron chi connectivity index (χ1n) is 7.57. The number of amides is 1. The number of carbonyl (C=O) groups excluding carboxylic acids is 1. The largest absolute Gasteiger partial charge is 0.433 e. The fourth-order valence-electron chi connectivity index (χ4n) is 2.62. The lowest BCUT2D eigenvalue weighted by Gasteiger charge is -2.04. The molecule has 0 bridgehead atoms. The molecule has 6 heteroatoms. The van der Waals surface area contributed by atoms with E-state index in [9.17, 15) is 13.6 Å². The maximum absolute atomic E-state index is 13.7. The Balaban J connectivity index is 1.70. The maximum atomic E-state index is 13.7. The van der Waals surface area contributed by atoms with E-state index in [0.29, 0.717) is 17.2 Å². The molecule has 0 saturated carbocycles. The summed E-state index contributed by atoms with van der Waals surface area (Å²) in [5.74, 6) is -2.21. The number of hydrogen-bond acceptors (Lipinski definition) is 3. The molecule has 0 radical (unpaired) electrons. The molecule has 0 atom stereocenters. The van der Waals surface area contributed by atoms with Gasteiger partial charge >= 0.3 is 0 Å². The quantitative estimate of drug-likeness (QED) is 0.570. The van der Waals surface area contributed by atoms with E-state index in [-0.39, 0.29) is 11.4 Å². The van der Waals surface area contributed by atoms with Crippen LogP contribution in [0.4, 0.5) is 14.5 Å². The summed E-state index contributed by atoms with van der Waals surface area (Å²) in [6, 6.07) is 12.2. The Labute approximate surface area is 141 Å². The number of anilines is 1. The Bertz CT molecular complexity index is 1140. The maximum Gasteiger partial charge on any atom is 0.291 e. The van der Waals surface area contributed by atoms with Crippen LogP contribution in [0.25, 0.3) is 22.0 Å². The van der Waals surface area contributed by atoms with E-state index < -0.39 is 17.5 Å². The minimum atomic E-state index is -0.858. The van der Waals surface area contributed by atoms with Crippen molar-refractivity contribution < 1.29 is 18.0 Å². The first-order valence-corrected chi connectivity index (χ1v) is 7.57. The normalized spacial score (nSPS) is 11.2. The highest BCUT2D eigenvalue weighted by Crippen LogP contribution is 2.24. The van der Waals surface area contributed by atoms with E-state index in [1.54, 1.807) is 6.07 Å². The van der Waals surface area contributed by atoms with Gasteiger partial charge in [0, 0.05) is 16.8 Å². The number of carbonyl (C=O) groups is 1. The van der Waals surface area contributed by atoms with Gasteiger partial charge in [-0.15, -0.1) is 0 Å². The number of rotatable bonds is 2. The van der Waals surface area contributed by atoms with Gasteiger partial charge in [-0.2, -0.15) is 0 Å². The number of hydrogen-bond donors (Lipinski definition) is 1. The Morgan fingerprint density at radius 3 is 2.68 bits per heavy atom. The highest BCUT2D eigenvalue weighted by Gasteiger charge is 2.16. The Morgan fingerprint density at radius 2 is 1.88 bits per heavy atom. The number of pyridine rings is 1. The smallest absolute Gasteiger partial charge is 0.291 e. The molecule has 25 heavy (non-hydrogen) atoms. The van der Waals surface area contributed by atoms with Crippen molar-refractivity contribution in [2.75, 3.05) is 5.32 Å². The molecule has 2 aromatic carbocycles. The summed E-state index contributed by atoms with van der Waals surface area (Å²) in [6.45, 7) is 1.96. The van der Waals surface area contributed by atoms with Crippen LogP contribution in [0.2, 0.25) is 0 Å². The van der Waals surface area contributed by atoms with Gasteiger partial charge in [0.05, 0.1) is 11.2 Å². The molecule has 124 valence electrons. The van der Waals surface area contributed by atoms with Gasteiger partial charge in [0.25, 0.3) is 5.91 Å². The predicted octanol–water partition coefficient (Wildman–Crippen LogP) is 4.82. The highest BCUT2D eigenvalue weighted by molar-refractivity contribution is 6.05. The lowest BCUT2D eigenvalue weighted by molar-refractivity contribution is 0.0998. The molecular weight excluding hydrogens is 326 g/mol. The van der Waals surface area contributed by atoms with Crippen LogP contribution >= 0.6 is 0 Å². The van der Waals surface area contributed by atoms with Gasteiger partial charge in [0.15, 0.2) is 5.76 Å². The number of furan rings is 1. The number of nitrogens with one attached hydrogen (secondary N) is 1. The Morgan fingerprint density at radius 1 is 1.04 bits per heavy atom. The molecule has 2 aromatic heterocycles. The summed E-state index contributed by atoms with van der Waals surface area (Å²) < 4.78 is 32.1. The summed E-state index contributed by atoms with van der Waals surface area (Å²) in [4.78, 5) is 16.7. The van der Waals surface area contributed by atoms with Crippen LogP contribution in [0.5, 0.6) is 0 Å². The van der Waals surface area contributed by atoms with Crippen molar-refractivity contribution >= 4 is 33.6 Å². The van der Waals surface area contributed by atoms with Gasteiger partial charge in [0.2, 0.25) is 5.71 Å². The zero-order valence-electron chi connectivity index (χ0n) is 13.1. The SMILES string of the molecule is Cc1ccc2cc3cc(C(=O)Nc4ccc(F)cc4F)oc3nc2c1. The van der Waals surface area contributed by atoms with Gasteiger partial charge in [-0.3, -0.25) is 4.79 Å². The summed E-state index contributed by atoms with van der Waals surface area (Å²) in [6.07, 6.45) is 0.